The van der Waals surface area contributed by atoms with Crippen LogP contribution in [0.25, 0.3) is 0 Å². The number of amides is 1. The predicted octanol–water partition coefficient (Wildman–Crippen LogP) is 0.938. The van der Waals surface area contributed by atoms with Crippen molar-refractivity contribution in [2.75, 3.05) is 13.6 Å². The largest absolute Gasteiger partial charge is 0.362 e. The summed E-state index contributed by atoms with van der Waals surface area (Å²) in [6.07, 6.45) is 4.82. The normalized spacial score (nSPS) is 18.6. The molecule has 0 aromatic carbocycles. The first-order valence-electron chi connectivity index (χ1n) is 6.05. The molecule has 0 spiro atoms. The van der Waals surface area contributed by atoms with E-state index in [0.29, 0.717) is 24.8 Å². The number of nitrogens with zero attached hydrogens (tertiary/aromatic N) is 1. The van der Waals surface area contributed by atoms with Crippen molar-refractivity contribution in [3.8, 4) is 0 Å². The lowest BCUT2D eigenvalue weighted by molar-refractivity contribution is -0.109. The maximum atomic E-state index is 9.62. The summed E-state index contributed by atoms with van der Waals surface area (Å²) in [5.74, 6) is 6.04. The smallest absolute Gasteiger partial charge is 0.206 e. The highest BCUT2D eigenvalue weighted by Crippen LogP contribution is 2.10. The molecule has 0 aromatic heterocycles. The van der Waals surface area contributed by atoms with Crippen molar-refractivity contribution < 1.29 is 9.59 Å². The van der Waals surface area contributed by atoms with Crippen LogP contribution in [0.15, 0.2) is 0 Å². The summed E-state index contributed by atoms with van der Waals surface area (Å²) in [5.41, 5.74) is 0. The average molecular weight is 245 g/mol. The fraction of sp³-hybridized carbons (Fsp3) is 0.833. The van der Waals surface area contributed by atoms with Crippen molar-refractivity contribution in [2.24, 2.45) is 11.8 Å². The maximum absolute atomic E-state index is 9.62. The SMILES string of the molecule is CC(C)CC=O.CC1CCCN1N.CNC=O. The molecule has 3 N–H and O–H groups in total. The molecule has 1 rings (SSSR count). The first-order valence-corrected chi connectivity index (χ1v) is 6.05. The average Bonchev–Trinajstić information content (AvgIpc) is 2.64. The van der Waals surface area contributed by atoms with E-state index < -0.39 is 0 Å². The number of aldehydes is 1. The molecule has 17 heavy (non-hydrogen) atoms. The molecule has 1 heterocycles. The van der Waals surface area contributed by atoms with Gasteiger partial charge in [-0.1, -0.05) is 13.8 Å². The third-order valence-electron chi connectivity index (χ3n) is 2.29. The molecule has 0 aromatic rings. The van der Waals surface area contributed by atoms with Crippen molar-refractivity contribution in [3.63, 3.8) is 0 Å². The molecular weight excluding hydrogens is 218 g/mol. The number of hydrogen-bond donors (Lipinski definition) is 2. The standard InChI is InChI=1S/C5H12N2.C5H10O.C2H5NO/c1-5-3-2-4-7(5)6;1-5(2)3-4-6;1-3-2-4/h5H,2-4,6H2,1H3;4-5H,3H2,1-2H3;2H,1H3,(H,3,4). The summed E-state index contributed by atoms with van der Waals surface area (Å²) >= 11 is 0. The van der Waals surface area contributed by atoms with E-state index in [1.54, 1.807) is 7.05 Å². The Morgan fingerprint density at radius 3 is 2.06 bits per heavy atom. The van der Waals surface area contributed by atoms with Crippen LogP contribution in [0.2, 0.25) is 0 Å². The van der Waals surface area contributed by atoms with Crippen LogP contribution in [-0.4, -0.2) is 37.3 Å². The molecule has 1 atom stereocenters. The molecular formula is C12H27N3O2. The van der Waals surface area contributed by atoms with Crippen LogP contribution in [0.1, 0.15) is 40.0 Å². The van der Waals surface area contributed by atoms with Crippen LogP contribution in [0.5, 0.6) is 0 Å². The van der Waals surface area contributed by atoms with Gasteiger partial charge in [0, 0.05) is 26.1 Å². The van der Waals surface area contributed by atoms with E-state index in [-0.39, 0.29) is 0 Å². The Hall–Kier alpha value is -0.940. The summed E-state index contributed by atoms with van der Waals surface area (Å²) in [5, 5.41) is 4.15. The van der Waals surface area contributed by atoms with Crippen LogP contribution < -0.4 is 11.2 Å². The predicted molar refractivity (Wildman–Crippen MR) is 70.2 cm³/mol. The zero-order valence-electron chi connectivity index (χ0n) is 11.5. The molecule has 102 valence electrons. The van der Waals surface area contributed by atoms with Crippen molar-refractivity contribution >= 4 is 12.7 Å². The lowest BCUT2D eigenvalue weighted by atomic mass is 10.2. The van der Waals surface area contributed by atoms with Crippen molar-refractivity contribution in [1.82, 2.24) is 10.3 Å². The lowest BCUT2D eigenvalue weighted by Crippen LogP contribution is -2.33. The van der Waals surface area contributed by atoms with Crippen LogP contribution in [0, 0.1) is 5.92 Å². The highest BCUT2D eigenvalue weighted by Gasteiger charge is 2.15. The van der Waals surface area contributed by atoms with Gasteiger partial charge in [0.2, 0.25) is 6.41 Å². The van der Waals surface area contributed by atoms with Gasteiger partial charge in [0.25, 0.3) is 0 Å². The van der Waals surface area contributed by atoms with Crippen LogP contribution in [0.3, 0.4) is 0 Å². The molecule has 1 amide bonds. The molecule has 0 saturated carbocycles. The number of hydrogen-bond acceptors (Lipinski definition) is 4. The number of carbonyl (C=O) groups excluding carboxylic acids is 2. The fourth-order valence-corrected chi connectivity index (χ4v) is 1.15. The Bertz CT molecular complexity index is 179. The molecule has 0 bridgehead atoms. The zero-order chi connectivity index (χ0) is 13.7. The summed E-state index contributed by atoms with van der Waals surface area (Å²) in [4.78, 5) is 18.7. The Kier molecular flexibility index (Phi) is 14.2. The van der Waals surface area contributed by atoms with E-state index >= 15 is 0 Å². The minimum atomic E-state index is 0.530. The Morgan fingerprint density at radius 2 is 2.00 bits per heavy atom. The minimum absolute atomic E-state index is 0.530. The number of rotatable bonds is 3. The summed E-state index contributed by atoms with van der Waals surface area (Å²) < 4.78 is 0. The third kappa shape index (κ3) is 15.1. The third-order valence-corrected chi connectivity index (χ3v) is 2.29. The summed E-state index contributed by atoms with van der Waals surface area (Å²) in [6.45, 7) is 7.29. The van der Waals surface area contributed by atoms with Gasteiger partial charge in [-0.2, -0.15) is 0 Å². The number of hydrazine groups is 1. The Labute approximate surface area is 105 Å². The first-order chi connectivity index (χ1) is 7.99. The van der Waals surface area contributed by atoms with E-state index in [9.17, 15) is 4.79 Å². The molecule has 5 heteroatoms. The van der Waals surface area contributed by atoms with Gasteiger partial charge >= 0.3 is 0 Å². The molecule has 1 saturated heterocycles. The van der Waals surface area contributed by atoms with E-state index in [4.69, 9.17) is 10.6 Å². The quantitative estimate of drug-likeness (QED) is 0.573. The van der Waals surface area contributed by atoms with Crippen molar-refractivity contribution in [2.45, 2.75) is 46.1 Å². The van der Waals surface area contributed by atoms with Gasteiger partial charge in [-0.3, -0.25) is 10.6 Å². The molecule has 0 radical (unpaired) electrons. The minimum Gasteiger partial charge on any atom is -0.362 e. The van der Waals surface area contributed by atoms with Crippen molar-refractivity contribution in [1.29, 1.82) is 0 Å². The van der Waals surface area contributed by atoms with Gasteiger partial charge < -0.3 is 10.1 Å². The molecule has 0 aliphatic carbocycles. The second-order valence-corrected chi connectivity index (χ2v) is 4.43. The number of nitrogens with one attached hydrogen (secondary N) is 1. The van der Waals surface area contributed by atoms with Gasteiger partial charge in [-0.05, 0) is 25.7 Å². The number of nitrogens with two attached hydrogens (primary N) is 1. The molecule has 1 unspecified atom stereocenters. The lowest BCUT2D eigenvalue weighted by Gasteiger charge is -2.11. The van der Waals surface area contributed by atoms with Gasteiger partial charge in [0.15, 0.2) is 0 Å². The van der Waals surface area contributed by atoms with Gasteiger partial charge in [-0.15, -0.1) is 0 Å². The second kappa shape index (κ2) is 13.1. The molecule has 1 aliphatic heterocycles. The van der Waals surface area contributed by atoms with Gasteiger partial charge in [0.1, 0.15) is 6.29 Å². The maximum Gasteiger partial charge on any atom is 0.206 e. The van der Waals surface area contributed by atoms with Gasteiger partial charge in [0.05, 0.1) is 0 Å². The number of carbonyl (C=O) groups is 2. The molecule has 1 aliphatic rings. The topological polar surface area (TPSA) is 75.4 Å². The molecule has 5 nitrogen and oxygen atoms in total. The fourth-order valence-electron chi connectivity index (χ4n) is 1.15. The Balaban J connectivity index is 0. The van der Waals surface area contributed by atoms with Crippen molar-refractivity contribution in [3.05, 3.63) is 0 Å². The highest BCUT2D eigenvalue weighted by atomic mass is 16.1. The monoisotopic (exact) mass is 245 g/mol. The van der Waals surface area contributed by atoms with Crippen LogP contribution >= 0.6 is 0 Å². The van der Waals surface area contributed by atoms with Gasteiger partial charge in [-0.25, -0.2) is 5.01 Å². The zero-order valence-corrected chi connectivity index (χ0v) is 11.5. The summed E-state index contributed by atoms with van der Waals surface area (Å²) in [6, 6.07) is 0.625. The summed E-state index contributed by atoms with van der Waals surface area (Å²) in [7, 11) is 1.56. The second-order valence-electron chi connectivity index (χ2n) is 4.43. The Morgan fingerprint density at radius 1 is 1.47 bits per heavy atom. The van der Waals surface area contributed by atoms with E-state index in [1.165, 1.54) is 12.8 Å². The van der Waals surface area contributed by atoms with Crippen LogP contribution in [0.4, 0.5) is 0 Å². The molecule has 1 fully saturated rings. The van der Waals surface area contributed by atoms with Crippen LogP contribution in [-0.2, 0) is 9.59 Å². The first kappa shape index (κ1) is 18.4. The van der Waals surface area contributed by atoms with E-state index in [1.807, 2.05) is 18.9 Å². The highest BCUT2D eigenvalue weighted by molar-refractivity contribution is 5.49. The van der Waals surface area contributed by atoms with E-state index in [0.717, 1.165) is 12.8 Å². The van der Waals surface area contributed by atoms with E-state index in [2.05, 4.69) is 12.2 Å².